The van der Waals surface area contributed by atoms with E-state index in [1.165, 1.54) is 11.3 Å². The highest BCUT2D eigenvalue weighted by Crippen LogP contribution is 2.25. The van der Waals surface area contributed by atoms with Gasteiger partial charge in [0.05, 0.1) is 6.54 Å². The quantitative estimate of drug-likeness (QED) is 0.847. The number of aromatic nitrogens is 3. The number of hydrogen-bond acceptors (Lipinski definition) is 5. The minimum absolute atomic E-state index is 0.863. The van der Waals surface area contributed by atoms with Crippen LogP contribution < -0.4 is 10.2 Å². The molecule has 5 nitrogen and oxygen atoms in total. The van der Waals surface area contributed by atoms with Gasteiger partial charge in [0.2, 0.25) is 0 Å². The van der Waals surface area contributed by atoms with Gasteiger partial charge in [-0.2, -0.15) is 0 Å². The summed E-state index contributed by atoms with van der Waals surface area (Å²) in [5, 5.41) is 4.53. The van der Waals surface area contributed by atoms with Crippen LogP contribution in [0.1, 0.15) is 24.0 Å². The van der Waals surface area contributed by atoms with Gasteiger partial charge in [-0.05, 0) is 13.0 Å². The molecule has 0 spiro atoms. The SMILES string of the molecule is CCCNCc1cnc(N2CCn3ccnc3C2)s1. The Bertz CT molecular complexity index is 533. The Hall–Kier alpha value is -1.40. The van der Waals surface area contributed by atoms with Crippen molar-refractivity contribution in [1.82, 2.24) is 19.9 Å². The summed E-state index contributed by atoms with van der Waals surface area (Å²) in [6.07, 6.45) is 7.08. The summed E-state index contributed by atoms with van der Waals surface area (Å²) in [7, 11) is 0. The first-order valence-electron chi connectivity index (χ1n) is 6.77. The van der Waals surface area contributed by atoms with E-state index in [9.17, 15) is 0 Å². The molecule has 2 aromatic heterocycles. The summed E-state index contributed by atoms with van der Waals surface area (Å²) in [6, 6.07) is 0. The van der Waals surface area contributed by atoms with Gasteiger partial charge in [0.15, 0.2) is 5.13 Å². The number of nitrogens with one attached hydrogen (secondary N) is 1. The maximum Gasteiger partial charge on any atom is 0.186 e. The molecular formula is C13H19N5S. The molecule has 1 aliphatic heterocycles. The van der Waals surface area contributed by atoms with Gasteiger partial charge in [-0.1, -0.05) is 6.92 Å². The third kappa shape index (κ3) is 2.79. The van der Waals surface area contributed by atoms with Gasteiger partial charge in [-0.15, -0.1) is 11.3 Å². The van der Waals surface area contributed by atoms with Crippen LogP contribution in [0.25, 0.3) is 0 Å². The Labute approximate surface area is 117 Å². The number of hydrogen-bond donors (Lipinski definition) is 1. The molecule has 0 bridgehead atoms. The van der Waals surface area contributed by atoms with Crippen LogP contribution in [-0.2, 0) is 19.6 Å². The summed E-state index contributed by atoms with van der Waals surface area (Å²) in [5.74, 6) is 1.13. The van der Waals surface area contributed by atoms with Gasteiger partial charge in [0.25, 0.3) is 0 Å². The van der Waals surface area contributed by atoms with E-state index in [-0.39, 0.29) is 0 Å². The van der Waals surface area contributed by atoms with Gasteiger partial charge in [-0.25, -0.2) is 9.97 Å². The van der Waals surface area contributed by atoms with E-state index in [1.54, 1.807) is 11.3 Å². The van der Waals surface area contributed by atoms with Gasteiger partial charge in [0, 0.05) is 43.1 Å². The summed E-state index contributed by atoms with van der Waals surface area (Å²) < 4.78 is 2.22. The lowest BCUT2D eigenvalue weighted by Crippen LogP contribution is -2.33. The Balaban J connectivity index is 1.64. The lowest BCUT2D eigenvalue weighted by atomic mass is 10.4. The van der Waals surface area contributed by atoms with E-state index >= 15 is 0 Å². The number of imidazole rings is 1. The molecule has 0 saturated heterocycles. The van der Waals surface area contributed by atoms with Gasteiger partial charge in [0.1, 0.15) is 5.82 Å². The van der Waals surface area contributed by atoms with Gasteiger partial charge in [-0.3, -0.25) is 0 Å². The minimum Gasteiger partial charge on any atom is -0.339 e. The topological polar surface area (TPSA) is 46.0 Å². The highest BCUT2D eigenvalue weighted by atomic mass is 32.1. The minimum atomic E-state index is 0.863. The molecule has 0 amide bonds. The number of nitrogens with zero attached hydrogens (tertiary/aromatic N) is 4. The maximum atomic E-state index is 4.54. The second kappa shape index (κ2) is 5.71. The molecule has 19 heavy (non-hydrogen) atoms. The normalized spacial score (nSPS) is 14.7. The van der Waals surface area contributed by atoms with Gasteiger partial charge >= 0.3 is 0 Å². The Morgan fingerprint density at radius 3 is 3.21 bits per heavy atom. The van der Waals surface area contributed by atoms with Crippen molar-refractivity contribution in [1.29, 1.82) is 0 Å². The van der Waals surface area contributed by atoms with E-state index in [0.29, 0.717) is 0 Å². The Kier molecular flexibility index (Phi) is 3.79. The number of fused-ring (bicyclic) bond motifs is 1. The molecule has 0 aromatic carbocycles. The number of thiazole rings is 1. The van der Waals surface area contributed by atoms with Crippen molar-refractivity contribution in [3.63, 3.8) is 0 Å². The average molecular weight is 277 g/mol. The van der Waals surface area contributed by atoms with Crippen LogP contribution in [0, 0.1) is 0 Å². The number of rotatable bonds is 5. The second-order valence-corrected chi connectivity index (χ2v) is 5.84. The van der Waals surface area contributed by atoms with Crippen LogP contribution in [0.2, 0.25) is 0 Å². The molecule has 0 saturated carbocycles. The first-order chi connectivity index (χ1) is 9.36. The fourth-order valence-corrected chi connectivity index (χ4v) is 3.15. The Morgan fingerprint density at radius 1 is 1.37 bits per heavy atom. The van der Waals surface area contributed by atoms with E-state index in [1.807, 2.05) is 12.4 Å². The molecule has 0 unspecified atom stereocenters. The fourth-order valence-electron chi connectivity index (χ4n) is 2.25. The largest absolute Gasteiger partial charge is 0.339 e. The highest BCUT2D eigenvalue weighted by molar-refractivity contribution is 7.15. The highest BCUT2D eigenvalue weighted by Gasteiger charge is 2.19. The first-order valence-corrected chi connectivity index (χ1v) is 7.59. The molecular weight excluding hydrogens is 258 g/mol. The predicted molar refractivity (Wildman–Crippen MR) is 77.4 cm³/mol. The van der Waals surface area contributed by atoms with E-state index in [2.05, 4.69) is 37.9 Å². The van der Waals surface area contributed by atoms with Crippen molar-refractivity contribution in [2.45, 2.75) is 33.0 Å². The standard InChI is InChI=1S/C13H19N5S/c1-2-3-14-8-11-9-16-13(19-11)18-7-6-17-5-4-15-12(17)10-18/h4-5,9,14H,2-3,6-8,10H2,1H3. The van der Waals surface area contributed by atoms with E-state index in [4.69, 9.17) is 0 Å². The van der Waals surface area contributed by atoms with Crippen LogP contribution in [0.5, 0.6) is 0 Å². The summed E-state index contributed by atoms with van der Waals surface area (Å²) in [5.41, 5.74) is 0. The Morgan fingerprint density at radius 2 is 2.32 bits per heavy atom. The van der Waals surface area contributed by atoms with Crippen molar-refractivity contribution < 1.29 is 0 Å². The smallest absolute Gasteiger partial charge is 0.186 e. The molecule has 6 heteroatoms. The molecule has 0 aliphatic carbocycles. The first kappa shape index (κ1) is 12.6. The van der Waals surface area contributed by atoms with Crippen molar-refractivity contribution >= 4 is 16.5 Å². The molecule has 1 N–H and O–H groups in total. The third-order valence-electron chi connectivity index (χ3n) is 3.28. The van der Waals surface area contributed by atoms with E-state index < -0.39 is 0 Å². The maximum absolute atomic E-state index is 4.54. The van der Waals surface area contributed by atoms with Gasteiger partial charge < -0.3 is 14.8 Å². The van der Waals surface area contributed by atoms with Crippen molar-refractivity contribution in [3.05, 3.63) is 29.3 Å². The average Bonchev–Trinajstić information content (AvgIpc) is 3.06. The van der Waals surface area contributed by atoms with E-state index in [0.717, 1.165) is 43.7 Å². The monoisotopic (exact) mass is 277 g/mol. The molecule has 0 radical (unpaired) electrons. The zero-order chi connectivity index (χ0) is 13.1. The van der Waals surface area contributed by atoms with Crippen LogP contribution in [0.15, 0.2) is 18.6 Å². The van der Waals surface area contributed by atoms with Crippen LogP contribution >= 0.6 is 11.3 Å². The zero-order valence-electron chi connectivity index (χ0n) is 11.2. The molecule has 1 aliphatic rings. The van der Waals surface area contributed by atoms with Crippen molar-refractivity contribution in [2.75, 3.05) is 18.0 Å². The molecule has 2 aromatic rings. The lowest BCUT2D eigenvalue weighted by Gasteiger charge is -2.27. The number of anilines is 1. The summed E-state index contributed by atoms with van der Waals surface area (Å²) >= 11 is 1.78. The van der Waals surface area contributed by atoms with Crippen LogP contribution in [0.3, 0.4) is 0 Å². The predicted octanol–water partition coefficient (Wildman–Crippen LogP) is 1.86. The molecule has 3 rings (SSSR count). The van der Waals surface area contributed by atoms with Crippen LogP contribution in [0.4, 0.5) is 5.13 Å². The molecule has 0 fully saturated rings. The zero-order valence-corrected chi connectivity index (χ0v) is 12.0. The molecule has 102 valence electrons. The lowest BCUT2D eigenvalue weighted by molar-refractivity contribution is 0.559. The summed E-state index contributed by atoms with van der Waals surface area (Å²) in [6.45, 7) is 7.04. The molecule has 0 atom stereocenters. The van der Waals surface area contributed by atoms with Crippen molar-refractivity contribution in [2.24, 2.45) is 0 Å². The fraction of sp³-hybridized carbons (Fsp3) is 0.538. The van der Waals surface area contributed by atoms with Crippen LogP contribution in [-0.4, -0.2) is 27.6 Å². The summed E-state index contributed by atoms with van der Waals surface area (Å²) in [4.78, 5) is 12.5. The molecule has 3 heterocycles. The van der Waals surface area contributed by atoms with Crippen molar-refractivity contribution in [3.8, 4) is 0 Å². The second-order valence-electron chi connectivity index (χ2n) is 4.74. The third-order valence-corrected chi connectivity index (χ3v) is 4.34.